The van der Waals surface area contributed by atoms with Gasteiger partial charge in [0.15, 0.2) is 23.4 Å². The lowest BCUT2D eigenvalue weighted by atomic mass is 9.49. The van der Waals surface area contributed by atoms with Gasteiger partial charge in [0, 0.05) is 31.5 Å². The minimum absolute atomic E-state index is 0.145. The van der Waals surface area contributed by atoms with Gasteiger partial charge in [0.05, 0.1) is 5.41 Å². The van der Waals surface area contributed by atoms with E-state index in [1.807, 2.05) is 6.07 Å². The topological polar surface area (TPSA) is 65.1 Å². The predicted molar refractivity (Wildman–Crippen MR) is 85.6 cm³/mol. The first-order valence-corrected chi connectivity index (χ1v) is 8.99. The van der Waals surface area contributed by atoms with Crippen LogP contribution in [0.2, 0.25) is 0 Å². The smallest absolute Gasteiger partial charge is 0.308 e. The van der Waals surface area contributed by atoms with Crippen molar-refractivity contribution in [3.63, 3.8) is 0 Å². The van der Waals surface area contributed by atoms with E-state index in [1.165, 1.54) is 12.5 Å². The summed E-state index contributed by atoms with van der Waals surface area (Å²) in [6.45, 7) is 2.93. The van der Waals surface area contributed by atoms with Crippen LogP contribution < -0.4 is 9.47 Å². The molecule has 0 N–H and O–H groups in total. The fourth-order valence-corrected chi connectivity index (χ4v) is 6.26. The van der Waals surface area contributed by atoms with Crippen LogP contribution in [0.1, 0.15) is 37.3 Å². The zero-order valence-corrected chi connectivity index (χ0v) is 14.0. The summed E-state index contributed by atoms with van der Waals surface area (Å²) in [6.07, 6.45) is 2.47. The second-order valence-electron chi connectivity index (χ2n) is 7.90. The highest BCUT2D eigenvalue weighted by Crippen LogP contribution is 2.67. The second-order valence-corrected chi connectivity index (χ2v) is 7.90. The summed E-state index contributed by atoms with van der Waals surface area (Å²) in [5.41, 5.74) is 1.50. The molecule has 0 radical (unpaired) electrons. The number of Topliss-reactive ketones (excluding diaryl/α,β-unsaturated/α-hetero) is 1. The molecular weight excluding hydrogens is 322 g/mol. The van der Waals surface area contributed by atoms with Crippen molar-refractivity contribution in [3.05, 3.63) is 23.3 Å². The summed E-state index contributed by atoms with van der Waals surface area (Å²) in [6, 6.07) is 4.15. The average Bonchev–Trinajstić information content (AvgIpc) is 3.04. The Bertz CT molecular complexity index is 850. The summed E-state index contributed by atoms with van der Waals surface area (Å²) < 4.78 is 18.1. The van der Waals surface area contributed by atoms with Crippen LogP contribution in [-0.2, 0) is 26.2 Å². The van der Waals surface area contributed by atoms with Gasteiger partial charge in [0.1, 0.15) is 12.3 Å². The number of ether oxygens (including phenoxy) is 3. The third-order valence-corrected chi connectivity index (χ3v) is 7.05. The molecule has 5 atom stereocenters. The molecule has 0 aromatic heterocycles. The Kier molecular flexibility index (Phi) is 2.42. The molecular formula is C19H19NO5. The van der Waals surface area contributed by atoms with Gasteiger partial charge in [-0.1, -0.05) is 6.07 Å². The van der Waals surface area contributed by atoms with Crippen LogP contribution in [-0.4, -0.2) is 47.7 Å². The summed E-state index contributed by atoms with van der Waals surface area (Å²) in [5, 5.41) is 0. The first-order chi connectivity index (χ1) is 12.1. The molecule has 1 saturated carbocycles. The minimum Gasteiger partial charge on any atom is -0.477 e. The molecule has 1 aromatic carbocycles. The number of carbonyl (C=O) groups is 2. The van der Waals surface area contributed by atoms with Crippen molar-refractivity contribution in [2.45, 2.75) is 55.8 Å². The van der Waals surface area contributed by atoms with Crippen molar-refractivity contribution < 1.29 is 23.8 Å². The van der Waals surface area contributed by atoms with Crippen LogP contribution >= 0.6 is 0 Å². The lowest BCUT2D eigenvalue weighted by Gasteiger charge is -2.59. The van der Waals surface area contributed by atoms with E-state index in [4.69, 9.17) is 14.2 Å². The lowest BCUT2D eigenvalue weighted by molar-refractivity contribution is -0.159. The number of piperidine rings is 1. The molecule has 2 saturated heterocycles. The van der Waals surface area contributed by atoms with E-state index in [9.17, 15) is 9.59 Å². The van der Waals surface area contributed by atoms with Gasteiger partial charge in [-0.25, -0.2) is 0 Å². The Morgan fingerprint density at radius 2 is 2.24 bits per heavy atom. The van der Waals surface area contributed by atoms with Gasteiger partial charge in [-0.15, -0.1) is 0 Å². The van der Waals surface area contributed by atoms with Gasteiger partial charge >= 0.3 is 5.97 Å². The molecule has 5 aliphatic rings. The zero-order chi connectivity index (χ0) is 17.0. The Hall–Kier alpha value is -1.92. The molecule has 0 amide bonds. The normalized spacial score (nSPS) is 42.0. The van der Waals surface area contributed by atoms with Gasteiger partial charge in [0.25, 0.3) is 0 Å². The van der Waals surface area contributed by atoms with Gasteiger partial charge in [0.2, 0.25) is 0 Å². The summed E-state index contributed by atoms with van der Waals surface area (Å²) >= 11 is 0. The van der Waals surface area contributed by atoms with Crippen molar-refractivity contribution in [2.24, 2.45) is 0 Å². The Balaban J connectivity index is 1.66. The number of benzene rings is 1. The molecule has 2 spiro atoms. The third kappa shape index (κ3) is 1.39. The van der Waals surface area contributed by atoms with E-state index in [2.05, 4.69) is 4.90 Å². The molecule has 130 valence electrons. The van der Waals surface area contributed by atoms with Crippen molar-refractivity contribution in [2.75, 3.05) is 13.3 Å². The molecule has 6 heteroatoms. The Labute approximate surface area is 145 Å². The van der Waals surface area contributed by atoms with Crippen molar-refractivity contribution >= 4 is 11.8 Å². The summed E-state index contributed by atoms with van der Waals surface area (Å²) in [5.74, 6) is 0.784. The number of hydrogen-bond donors (Lipinski definition) is 0. The molecule has 3 heterocycles. The molecule has 6 rings (SSSR count). The van der Waals surface area contributed by atoms with Crippen molar-refractivity contribution in [1.82, 2.24) is 4.90 Å². The highest BCUT2D eigenvalue weighted by atomic mass is 16.6. The summed E-state index contributed by atoms with van der Waals surface area (Å²) in [4.78, 5) is 26.8. The fraction of sp³-hybridized carbons (Fsp3) is 0.579. The highest BCUT2D eigenvalue weighted by molar-refractivity contribution is 5.90. The van der Waals surface area contributed by atoms with E-state index in [1.54, 1.807) is 6.07 Å². The monoisotopic (exact) mass is 341 g/mol. The van der Waals surface area contributed by atoms with Crippen LogP contribution in [0.4, 0.5) is 0 Å². The van der Waals surface area contributed by atoms with Crippen LogP contribution in [0.3, 0.4) is 0 Å². The lowest BCUT2D eigenvalue weighted by Crippen LogP contribution is -2.73. The molecule has 25 heavy (non-hydrogen) atoms. The van der Waals surface area contributed by atoms with E-state index in [-0.39, 0.29) is 17.4 Å². The summed E-state index contributed by atoms with van der Waals surface area (Å²) in [7, 11) is 0. The number of nitrogens with zero attached hydrogens (tertiary/aromatic N) is 1. The number of carbonyl (C=O) groups excluding carboxylic acids is 2. The van der Waals surface area contributed by atoms with E-state index in [0.717, 1.165) is 31.4 Å². The highest BCUT2D eigenvalue weighted by Gasteiger charge is 2.76. The van der Waals surface area contributed by atoms with Crippen molar-refractivity contribution in [1.29, 1.82) is 0 Å². The van der Waals surface area contributed by atoms with Crippen LogP contribution in [0.5, 0.6) is 11.5 Å². The van der Waals surface area contributed by atoms with Gasteiger partial charge in [-0.05, 0) is 30.9 Å². The molecule has 5 unspecified atom stereocenters. The number of rotatable bonds is 1. The maximum Gasteiger partial charge on any atom is 0.308 e. The molecule has 4 bridgehead atoms. The molecule has 2 aliphatic carbocycles. The third-order valence-electron chi connectivity index (χ3n) is 7.05. The molecule has 1 aromatic rings. The maximum atomic E-state index is 12.8. The van der Waals surface area contributed by atoms with Gasteiger partial charge in [-0.3, -0.25) is 14.5 Å². The molecule has 3 aliphatic heterocycles. The second kappa shape index (κ2) is 4.24. The van der Waals surface area contributed by atoms with E-state index in [0.29, 0.717) is 30.7 Å². The maximum absolute atomic E-state index is 12.8. The fourth-order valence-electron chi connectivity index (χ4n) is 6.26. The number of hydrogen-bond acceptors (Lipinski definition) is 6. The van der Waals surface area contributed by atoms with Crippen LogP contribution in [0.25, 0.3) is 0 Å². The predicted octanol–water partition coefficient (Wildman–Crippen LogP) is 1.33. The number of esters is 1. The van der Waals surface area contributed by atoms with Crippen LogP contribution in [0, 0.1) is 0 Å². The largest absolute Gasteiger partial charge is 0.477 e. The quantitative estimate of drug-likeness (QED) is 0.567. The van der Waals surface area contributed by atoms with Crippen LogP contribution in [0.15, 0.2) is 12.1 Å². The average molecular weight is 341 g/mol. The van der Waals surface area contributed by atoms with Gasteiger partial charge < -0.3 is 14.2 Å². The minimum atomic E-state index is -0.519. The Morgan fingerprint density at radius 3 is 3.08 bits per heavy atom. The number of ketones is 1. The van der Waals surface area contributed by atoms with Gasteiger partial charge in [-0.2, -0.15) is 0 Å². The van der Waals surface area contributed by atoms with E-state index < -0.39 is 11.5 Å². The standard InChI is InChI=1S/C19H19NO5/c1-10(21)24-13-3-2-11-8-14-19-5-4-12(22)17-18(19,15(11)16(13)25-17)6-7-20(14)9-23-19/h2-3,14,17H,4-9H2,1H3. The first kappa shape index (κ1) is 14.3. The molecule has 3 fully saturated rings. The van der Waals surface area contributed by atoms with Crippen molar-refractivity contribution in [3.8, 4) is 11.5 Å². The Morgan fingerprint density at radius 1 is 1.36 bits per heavy atom. The first-order valence-electron chi connectivity index (χ1n) is 8.99. The SMILES string of the molecule is CC(=O)Oc1ccc2c3c1OC1C(=O)CCC45OCN(CCC314)C5C2. The molecule has 6 nitrogen and oxygen atoms in total. The zero-order valence-electron chi connectivity index (χ0n) is 14.0. The van der Waals surface area contributed by atoms with E-state index >= 15 is 0 Å².